The summed E-state index contributed by atoms with van der Waals surface area (Å²) in [4.78, 5) is 22.0. The number of hydrogen-bond donors (Lipinski definition) is 2. The lowest BCUT2D eigenvalue weighted by Crippen LogP contribution is -3.13. The summed E-state index contributed by atoms with van der Waals surface area (Å²) in [5, 5.41) is 1.55. The van der Waals surface area contributed by atoms with E-state index in [9.17, 15) is 4.79 Å². The van der Waals surface area contributed by atoms with Crippen molar-refractivity contribution < 1.29 is 4.90 Å². The molecule has 0 unspecified atom stereocenters. The molecule has 3 heterocycles. The number of quaternary nitrogens is 1. The second-order valence-electron chi connectivity index (χ2n) is 6.34. The van der Waals surface area contributed by atoms with Gasteiger partial charge in [-0.1, -0.05) is 11.6 Å². The van der Waals surface area contributed by atoms with E-state index in [0.29, 0.717) is 22.6 Å². The van der Waals surface area contributed by atoms with Gasteiger partial charge in [0.25, 0.3) is 5.56 Å². The van der Waals surface area contributed by atoms with Crippen molar-refractivity contribution in [2.24, 2.45) is 0 Å². The average Bonchev–Trinajstić information content (AvgIpc) is 2.94. The summed E-state index contributed by atoms with van der Waals surface area (Å²) in [6.07, 6.45) is 5.60. The van der Waals surface area contributed by atoms with Crippen molar-refractivity contribution in [3.05, 3.63) is 39.9 Å². The van der Waals surface area contributed by atoms with Crippen LogP contribution in [0.15, 0.2) is 29.3 Å². The molecule has 1 aliphatic heterocycles. The molecule has 5 nitrogen and oxygen atoms in total. The van der Waals surface area contributed by atoms with Crippen LogP contribution < -0.4 is 10.5 Å². The van der Waals surface area contributed by atoms with Gasteiger partial charge in [-0.2, -0.15) is 0 Å². The van der Waals surface area contributed by atoms with Crippen molar-refractivity contribution in [2.75, 3.05) is 19.6 Å². The molecule has 6 heteroatoms. The van der Waals surface area contributed by atoms with Crippen molar-refractivity contribution in [3.8, 4) is 0 Å². The maximum Gasteiger partial charge on any atom is 0.277 e. The van der Waals surface area contributed by atoms with Gasteiger partial charge in [0, 0.05) is 15.9 Å². The number of nitrogens with one attached hydrogen (secondary N) is 2. The summed E-state index contributed by atoms with van der Waals surface area (Å²) < 4.78 is 1.72. The standard InChI is InChI=1S/C17H19ClN4O/c18-12-4-5-14-13(10-12)15-16(20-14)17(23)22(11-19-15)9-8-21-6-2-1-3-7-21/h4-5,10-11,20H,1-3,6-9H2/p+1. The fraction of sp³-hybridized carbons (Fsp3) is 0.412. The lowest BCUT2D eigenvalue weighted by atomic mass is 10.1. The van der Waals surface area contributed by atoms with Gasteiger partial charge in [-0.05, 0) is 37.5 Å². The molecule has 2 aromatic heterocycles. The maximum absolute atomic E-state index is 12.7. The quantitative estimate of drug-likeness (QED) is 0.766. The van der Waals surface area contributed by atoms with E-state index in [0.717, 1.165) is 17.4 Å². The first-order valence-electron chi connectivity index (χ1n) is 8.22. The van der Waals surface area contributed by atoms with E-state index in [1.807, 2.05) is 18.2 Å². The molecule has 0 bridgehead atoms. The molecule has 0 atom stereocenters. The number of rotatable bonds is 3. The third-order valence-electron chi connectivity index (χ3n) is 4.80. The van der Waals surface area contributed by atoms with Crippen molar-refractivity contribution in [1.82, 2.24) is 14.5 Å². The number of hydrogen-bond acceptors (Lipinski definition) is 2. The number of likely N-dealkylation sites (tertiary alicyclic amines) is 1. The first-order chi connectivity index (χ1) is 11.2. The van der Waals surface area contributed by atoms with Crippen LogP contribution in [0.1, 0.15) is 19.3 Å². The van der Waals surface area contributed by atoms with E-state index >= 15 is 0 Å². The van der Waals surface area contributed by atoms with Gasteiger partial charge in [-0.25, -0.2) is 4.98 Å². The van der Waals surface area contributed by atoms with Gasteiger partial charge in [-0.3, -0.25) is 9.36 Å². The Morgan fingerprint density at radius 1 is 1.26 bits per heavy atom. The Balaban J connectivity index is 1.67. The van der Waals surface area contributed by atoms with Crippen molar-refractivity contribution in [1.29, 1.82) is 0 Å². The van der Waals surface area contributed by atoms with Crippen LogP contribution in [0.25, 0.3) is 21.9 Å². The smallest absolute Gasteiger partial charge is 0.277 e. The Morgan fingerprint density at radius 2 is 2.09 bits per heavy atom. The molecule has 0 saturated carbocycles. The van der Waals surface area contributed by atoms with Gasteiger partial charge in [0.05, 0.1) is 32.5 Å². The van der Waals surface area contributed by atoms with Gasteiger partial charge in [0.2, 0.25) is 0 Å². The van der Waals surface area contributed by atoms with Crippen LogP contribution in [-0.2, 0) is 6.54 Å². The predicted molar refractivity (Wildman–Crippen MR) is 92.3 cm³/mol. The van der Waals surface area contributed by atoms with Gasteiger partial charge < -0.3 is 9.88 Å². The number of piperidine rings is 1. The Labute approximate surface area is 138 Å². The topological polar surface area (TPSA) is 55.1 Å². The number of nitrogens with zero attached hydrogens (tertiary/aromatic N) is 2. The molecule has 0 aliphatic carbocycles. The van der Waals surface area contributed by atoms with Crippen LogP contribution in [0.2, 0.25) is 5.02 Å². The minimum Gasteiger partial charge on any atom is -0.349 e. The monoisotopic (exact) mass is 331 g/mol. The fourth-order valence-electron chi connectivity index (χ4n) is 3.50. The first kappa shape index (κ1) is 14.7. The lowest BCUT2D eigenvalue weighted by molar-refractivity contribution is -0.905. The molecule has 1 aliphatic rings. The van der Waals surface area contributed by atoms with E-state index in [2.05, 4.69) is 9.97 Å². The highest BCUT2D eigenvalue weighted by atomic mass is 35.5. The molecule has 1 fully saturated rings. The molecule has 23 heavy (non-hydrogen) atoms. The minimum atomic E-state index is -0.00117. The summed E-state index contributed by atoms with van der Waals surface area (Å²) in [5.74, 6) is 0. The van der Waals surface area contributed by atoms with E-state index in [4.69, 9.17) is 11.6 Å². The molecule has 3 aromatic rings. The number of aromatic nitrogens is 3. The molecule has 4 rings (SSSR count). The summed E-state index contributed by atoms with van der Waals surface area (Å²) in [5.41, 5.74) is 2.17. The summed E-state index contributed by atoms with van der Waals surface area (Å²) in [6.45, 7) is 4.14. The van der Waals surface area contributed by atoms with Crippen molar-refractivity contribution in [3.63, 3.8) is 0 Å². The van der Waals surface area contributed by atoms with E-state index < -0.39 is 0 Å². The van der Waals surface area contributed by atoms with Crippen LogP contribution in [-0.4, -0.2) is 34.2 Å². The summed E-state index contributed by atoms with van der Waals surface area (Å²) >= 11 is 6.06. The highest BCUT2D eigenvalue weighted by Gasteiger charge is 2.15. The zero-order valence-corrected chi connectivity index (χ0v) is 13.7. The number of benzene rings is 1. The Morgan fingerprint density at radius 3 is 2.91 bits per heavy atom. The highest BCUT2D eigenvalue weighted by molar-refractivity contribution is 6.31. The highest BCUT2D eigenvalue weighted by Crippen LogP contribution is 2.24. The predicted octanol–water partition coefficient (Wildman–Crippen LogP) is 1.60. The van der Waals surface area contributed by atoms with Crippen LogP contribution in [0, 0.1) is 0 Å². The zero-order valence-electron chi connectivity index (χ0n) is 12.9. The largest absolute Gasteiger partial charge is 0.349 e. The Hall–Kier alpha value is -1.85. The molecule has 2 N–H and O–H groups in total. The second-order valence-corrected chi connectivity index (χ2v) is 6.78. The number of aromatic amines is 1. The molecular formula is C17H20ClN4O+. The van der Waals surface area contributed by atoms with Crippen LogP contribution in [0.4, 0.5) is 0 Å². The van der Waals surface area contributed by atoms with Crippen molar-refractivity contribution in [2.45, 2.75) is 25.8 Å². The first-order valence-corrected chi connectivity index (χ1v) is 8.60. The van der Waals surface area contributed by atoms with Gasteiger partial charge >= 0.3 is 0 Å². The van der Waals surface area contributed by atoms with Gasteiger partial charge in [-0.15, -0.1) is 0 Å². The van der Waals surface area contributed by atoms with Crippen LogP contribution in [0.3, 0.4) is 0 Å². The summed E-state index contributed by atoms with van der Waals surface area (Å²) in [7, 11) is 0. The Kier molecular flexibility index (Phi) is 3.83. The van der Waals surface area contributed by atoms with E-state index in [1.54, 1.807) is 15.8 Å². The zero-order chi connectivity index (χ0) is 15.8. The Bertz CT molecular complexity index is 908. The molecule has 0 amide bonds. The lowest BCUT2D eigenvalue weighted by Gasteiger charge is -2.23. The number of fused-ring (bicyclic) bond motifs is 3. The third kappa shape index (κ3) is 2.75. The van der Waals surface area contributed by atoms with Gasteiger partial charge in [0.1, 0.15) is 11.0 Å². The second kappa shape index (κ2) is 5.98. The fourth-order valence-corrected chi connectivity index (χ4v) is 3.67. The molecule has 0 radical (unpaired) electrons. The van der Waals surface area contributed by atoms with Crippen LogP contribution in [0.5, 0.6) is 0 Å². The van der Waals surface area contributed by atoms with Gasteiger partial charge in [0.15, 0.2) is 0 Å². The van der Waals surface area contributed by atoms with E-state index in [-0.39, 0.29) is 5.56 Å². The maximum atomic E-state index is 12.7. The third-order valence-corrected chi connectivity index (χ3v) is 5.04. The molecule has 1 saturated heterocycles. The van der Waals surface area contributed by atoms with Crippen LogP contribution >= 0.6 is 11.6 Å². The molecule has 120 valence electrons. The van der Waals surface area contributed by atoms with Crippen molar-refractivity contribution >= 4 is 33.5 Å². The molecule has 0 spiro atoms. The average molecular weight is 332 g/mol. The molecule has 1 aromatic carbocycles. The normalized spacial score (nSPS) is 16.4. The van der Waals surface area contributed by atoms with E-state index in [1.165, 1.54) is 32.4 Å². The molecular weight excluding hydrogens is 312 g/mol. The number of H-pyrrole nitrogens is 1. The summed E-state index contributed by atoms with van der Waals surface area (Å²) in [6, 6.07) is 5.56. The number of halogens is 1. The SMILES string of the molecule is O=c1c2[nH]c3ccc(Cl)cc3c2ncn1CC[NH+]1CCCCC1. The minimum absolute atomic E-state index is 0.00117.